The maximum absolute atomic E-state index is 12.7. The van der Waals surface area contributed by atoms with Crippen molar-refractivity contribution in [2.75, 3.05) is 18.9 Å². The Balaban J connectivity index is 2.11. The molecule has 1 fully saturated rings. The average Bonchev–Trinajstić information content (AvgIpc) is 2.67. The number of primary amides is 1. The maximum atomic E-state index is 12.7. The van der Waals surface area contributed by atoms with Crippen LogP contribution in [-0.4, -0.2) is 53.5 Å². The van der Waals surface area contributed by atoms with Crippen molar-refractivity contribution in [3.8, 4) is 0 Å². The van der Waals surface area contributed by atoms with Crippen molar-refractivity contribution in [2.45, 2.75) is 25.3 Å². The highest BCUT2D eigenvalue weighted by molar-refractivity contribution is 6.39. The second kappa shape index (κ2) is 9.42. The van der Waals surface area contributed by atoms with Gasteiger partial charge in [0.15, 0.2) is 0 Å². The molecule has 27 heavy (non-hydrogen) atoms. The number of likely N-dealkylation sites (tertiary alicyclic amines) is 1. The monoisotopic (exact) mass is 369 g/mol. The number of carbonyl (C=O) groups is 3. The molecule has 1 aliphatic heterocycles. The van der Waals surface area contributed by atoms with Gasteiger partial charge in [0.25, 0.3) is 0 Å². The van der Waals surface area contributed by atoms with Crippen molar-refractivity contribution in [1.82, 2.24) is 9.88 Å². The molecule has 1 aliphatic rings. The summed E-state index contributed by atoms with van der Waals surface area (Å²) in [6, 6.07) is 1.13. The van der Waals surface area contributed by atoms with E-state index in [1.807, 2.05) is 0 Å². The topological polar surface area (TPSA) is 118 Å². The first-order valence-electron chi connectivity index (χ1n) is 8.58. The maximum Gasteiger partial charge on any atom is 0.313 e. The highest BCUT2D eigenvalue weighted by Gasteiger charge is 2.31. The lowest BCUT2D eigenvalue weighted by molar-refractivity contribution is -0.145. The second-order valence-electron chi connectivity index (χ2n) is 6.13. The third-order valence-corrected chi connectivity index (χ3v) is 4.21. The predicted octanol–water partition coefficient (Wildman–Crippen LogP) is 1.31. The van der Waals surface area contributed by atoms with Crippen LogP contribution in [0.1, 0.15) is 29.6 Å². The van der Waals surface area contributed by atoms with E-state index in [2.05, 4.69) is 21.9 Å². The Bertz CT molecular complexity index is 800. The minimum atomic E-state index is -0.794. The van der Waals surface area contributed by atoms with Gasteiger partial charge in [-0.1, -0.05) is 12.7 Å². The molecule has 0 unspecified atom stereocenters. The first-order chi connectivity index (χ1) is 12.9. The molecule has 142 valence electrons. The lowest BCUT2D eigenvalue weighted by atomic mass is 9.95. The minimum Gasteiger partial charge on any atom is -0.366 e. The number of amides is 3. The summed E-state index contributed by atoms with van der Waals surface area (Å²) in [6.45, 7) is 4.50. The average molecular weight is 369 g/mol. The molecule has 0 saturated carbocycles. The summed E-state index contributed by atoms with van der Waals surface area (Å²) in [5.41, 5.74) is 6.32. The quantitative estimate of drug-likeness (QED) is 0.462. The Labute approximate surface area is 157 Å². The van der Waals surface area contributed by atoms with Crippen LogP contribution in [0.2, 0.25) is 0 Å². The third-order valence-electron chi connectivity index (χ3n) is 4.21. The van der Waals surface area contributed by atoms with Gasteiger partial charge >= 0.3 is 11.8 Å². The standard InChI is InChI=1S/C19H23N5O3/c1-13(6-5-8-21-2)16-7-3-4-9-24(16)19(27)18(26)23-15-10-14(17(20)25)11-22-12-15/h5-6,8,10-12,16H,1,3-4,7,9H2,2H3,(H2,20,25)(H,23,26)/b6-5-,21-8-/t16-/m0/s1. The number of aliphatic imine (C=N–C) groups is 1. The largest absolute Gasteiger partial charge is 0.366 e. The van der Waals surface area contributed by atoms with E-state index in [-0.39, 0.29) is 17.3 Å². The zero-order valence-corrected chi connectivity index (χ0v) is 15.2. The highest BCUT2D eigenvalue weighted by Crippen LogP contribution is 2.23. The van der Waals surface area contributed by atoms with Gasteiger partial charge in [-0.05, 0) is 37.0 Å². The molecule has 1 saturated heterocycles. The van der Waals surface area contributed by atoms with Crippen molar-refractivity contribution in [3.63, 3.8) is 0 Å². The molecule has 1 aromatic heterocycles. The van der Waals surface area contributed by atoms with E-state index in [0.29, 0.717) is 6.54 Å². The molecule has 1 atom stereocenters. The van der Waals surface area contributed by atoms with E-state index in [4.69, 9.17) is 5.73 Å². The minimum absolute atomic E-state index is 0.146. The van der Waals surface area contributed by atoms with Crippen LogP contribution in [0, 0.1) is 0 Å². The van der Waals surface area contributed by atoms with Crippen molar-refractivity contribution < 1.29 is 14.4 Å². The molecule has 3 N–H and O–H groups in total. The number of allylic oxidation sites excluding steroid dienone is 1. The number of hydrogen-bond donors (Lipinski definition) is 2. The molecule has 8 heteroatoms. The van der Waals surface area contributed by atoms with Crippen molar-refractivity contribution in [1.29, 1.82) is 0 Å². The molecule has 0 aliphatic carbocycles. The van der Waals surface area contributed by atoms with E-state index in [0.717, 1.165) is 24.8 Å². The fourth-order valence-electron chi connectivity index (χ4n) is 2.88. The van der Waals surface area contributed by atoms with E-state index in [1.165, 1.54) is 23.4 Å². The number of nitrogens with two attached hydrogens (primary N) is 1. The molecule has 0 bridgehead atoms. The molecular formula is C19H23N5O3. The van der Waals surface area contributed by atoms with Gasteiger partial charge in [0.05, 0.1) is 23.5 Å². The Morgan fingerprint density at radius 2 is 2.15 bits per heavy atom. The normalized spacial score (nSPS) is 17.2. The molecule has 0 aromatic carbocycles. The SMILES string of the molecule is C=C(/C=C\C=N/C)[C@@H]1CCCCN1C(=O)C(=O)Nc1cncc(C(N)=O)c1. The Hall–Kier alpha value is -3.29. The number of hydrogen-bond acceptors (Lipinski definition) is 5. The fraction of sp³-hybridized carbons (Fsp3) is 0.316. The van der Waals surface area contributed by atoms with Gasteiger partial charge in [-0.15, -0.1) is 0 Å². The summed E-state index contributed by atoms with van der Waals surface area (Å²) in [4.78, 5) is 45.5. The Morgan fingerprint density at radius 3 is 2.85 bits per heavy atom. The zero-order chi connectivity index (χ0) is 19.8. The lowest BCUT2D eigenvalue weighted by Crippen LogP contribution is -2.48. The fourth-order valence-corrected chi connectivity index (χ4v) is 2.88. The molecule has 2 rings (SSSR count). The van der Waals surface area contributed by atoms with Crippen LogP contribution in [0.15, 0.2) is 47.8 Å². The molecule has 1 aromatic rings. The lowest BCUT2D eigenvalue weighted by Gasteiger charge is -2.35. The first kappa shape index (κ1) is 20.0. The van der Waals surface area contributed by atoms with Crippen molar-refractivity contribution in [3.05, 3.63) is 48.3 Å². The summed E-state index contributed by atoms with van der Waals surface area (Å²) in [5, 5.41) is 2.48. The number of anilines is 1. The smallest absolute Gasteiger partial charge is 0.313 e. The molecule has 2 heterocycles. The van der Waals surface area contributed by atoms with Crippen LogP contribution >= 0.6 is 0 Å². The summed E-state index contributed by atoms with van der Waals surface area (Å²) >= 11 is 0. The predicted molar refractivity (Wildman–Crippen MR) is 103 cm³/mol. The highest BCUT2D eigenvalue weighted by atomic mass is 16.2. The van der Waals surface area contributed by atoms with Gasteiger partial charge < -0.3 is 16.0 Å². The van der Waals surface area contributed by atoms with Gasteiger partial charge in [0.2, 0.25) is 5.91 Å². The number of rotatable bonds is 5. The van der Waals surface area contributed by atoms with Gasteiger partial charge in [0.1, 0.15) is 0 Å². The summed E-state index contributed by atoms with van der Waals surface area (Å²) in [5.74, 6) is -2.11. The van der Waals surface area contributed by atoms with Crippen LogP contribution in [0.4, 0.5) is 5.69 Å². The van der Waals surface area contributed by atoms with Crippen molar-refractivity contribution in [2.24, 2.45) is 10.7 Å². The van der Waals surface area contributed by atoms with Gasteiger partial charge in [-0.25, -0.2) is 0 Å². The van der Waals surface area contributed by atoms with Crippen LogP contribution in [0.25, 0.3) is 0 Å². The van der Waals surface area contributed by atoms with E-state index in [1.54, 1.807) is 25.4 Å². The molecular weight excluding hydrogens is 346 g/mol. The molecule has 8 nitrogen and oxygen atoms in total. The second-order valence-corrected chi connectivity index (χ2v) is 6.13. The number of nitrogens with zero attached hydrogens (tertiary/aromatic N) is 3. The Morgan fingerprint density at radius 1 is 1.37 bits per heavy atom. The van der Waals surface area contributed by atoms with E-state index < -0.39 is 17.7 Å². The Kier molecular flexibility index (Phi) is 6.99. The van der Waals surface area contributed by atoms with Gasteiger partial charge in [0, 0.05) is 26.0 Å². The summed E-state index contributed by atoms with van der Waals surface area (Å²) < 4.78 is 0. The van der Waals surface area contributed by atoms with E-state index >= 15 is 0 Å². The van der Waals surface area contributed by atoms with Crippen LogP contribution < -0.4 is 11.1 Å². The number of piperidine rings is 1. The number of nitrogens with one attached hydrogen (secondary N) is 1. The van der Waals surface area contributed by atoms with Crippen LogP contribution in [0.3, 0.4) is 0 Å². The molecule has 3 amide bonds. The number of carbonyl (C=O) groups excluding carboxylic acids is 3. The number of pyridine rings is 1. The zero-order valence-electron chi connectivity index (χ0n) is 15.2. The number of aromatic nitrogens is 1. The van der Waals surface area contributed by atoms with Gasteiger partial charge in [-0.3, -0.25) is 24.4 Å². The summed E-state index contributed by atoms with van der Waals surface area (Å²) in [6.07, 6.45) is 10.3. The van der Waals surface area contributed by atoms with Crippen LogP contribution in [0.5, 0.6) is 0 Å². The summed E-state index contributed by atoms with van der Waals surface area (Å²) in [7, 11) is 1.66. The van der Waals surface area contributed by atoms with Crippen LogP contribution in [-0.2, 0) is 9.59 Å². The van der Waals surface area contributed by atoms with Crippen molar-refractivity contribution >= 4 is 29.6 Å². The first-order valence-corrected chi connectivity index (χ1v) is 8.58. The third kappa shape index (κ3) is 5.34. The molecule has 0 spiro atoms. The van der Waals surface area contributed by atoms with Gasteiger partial charge in [-0.2, -0.15) is 0 Å². The van der Waals surface area contributed by atoms with E-state index in [9.17, 15) is 14.4 Å². The molecule has 0 radical (unpaired) electrons.